The molecule has 0 radical (unpaired) electrons. The fourth-order valence-electron chi connectivity index (χ4n) is 2.80. The van der Waals surface area contributed by atoms with Gasteiger partial charge in [0.25, 0.3) is 0 Å². The molecule has 20 heavy (non-hydrogen) atoms. The van der Waals surface area contributed by atoms with Crippen LogP contribution in [0.15, 0.2) is 18.2 Å². The molecular formula is C17H27NO2. The number of hydrogen-bond acceptors (Lipinski definition) is 3. The molecule has 2 atom stereocenters. The number of likely N-dealkylation sites (tertiary alicyclic amines) is 1. The van der Waals surface area contributed by atoms with Crippen LogP contribution in [0.5, 0.6) is 5.75 Å². The summed E-state index contributed by atoms with van der Waals surface area (Å²) in [6.45, 7) is 8.52. The first-order chi connectivity index (χ1) is 9.56. The van der Waals surface area contributed by atoms with Crippen LogP contribution in [-0.2, 0) is 0 Å². The summed E-state index contributed by atoms with van der Waals surface area (Å²) in [6, 6.07) is 6.75. The molecule has 1 aliphatic heterocycles. The van der Waals surface area contributed by atoms with Crippen molar-refractivity contribution >= 4 is 0 Å². The molecule has 112 valence electrons. The minimum atomic E-state index is -0.421. The molecule has 1 fully saturated rings. The minimum absolute atomic E-state index is 0.369. The van der Waals surface area contributed by atoms with Gasteiger partial charge in [0.15, 0.2) is 0 Å². The van der Waals surface area contributed by atoms with E-state index in [4.69, 9.17) is 4.74 Å². The molecule has 1 heterocycles. The predicted molar refractivity (Wildman–Crippen MR) is 82.3 cm³/mol. The molecular weight excluding hydrogens is 250 g/mol. The van der Waals surface area contributed by atoms with Crippen LogP contribution in [0.25, 0.3) is 0 Å². The van der Waals surface area contributed by atoms with Gasteiger partial charge in [-0.3, -0.25) is 4.90 Å². The Morgan fingerprint density at radius 3 is 2.90 bits per heavy atom. The van der Waals surface area contributed by atoms with Crippen molar-refractivity contribution in [2.45, 2.75) is 52.2 Å². The maximum Gasteiger partial charge on any atom is 0.122 e. The van der Waals surface area contributed by atoms with Crippen molar-refractivity contribution < 1.29 is 9.84 Å². The first-order valence-corrected chi connectivity index (χ1v) is 7.68. The Balaban J connectivity index is 1.82. The van der Waals surface area contributed by atoms with Crippen LogP contribution in [0.1, 0.15) is 37.3 Å². The van der Waals surface area contributed by atoms with Crippen LogP contribution in [0.2, 0.25) is 0 Å². The molecule has 2 rings (SSSR count). The number of rotatable bonds is 5. The second-order valence-electron chi connectivity index (χ2n) is 6.07. The van der Waals surface area contributed by atoms with Gasteiger partial charge in [-0.1, -0.05) is 18.6 Å². The molecule has 0 saturated carbocycles. The van der Waals surface area contributed by atoms with E-state index in [9.17, 15) is 5.11 Å². The van der Waals surface area contributed by atoms with E-state index in [-0.39, 0.29) is 0 Å². The number of nitrogens with zero attached hydrogens (tertiary/aromatic N) is 1. The highest BCUT2D eigenvalue weighted by atomic mass is 16.5. The number of piperidine rings is 1. The summed E-state index contributed by atoms with van der Waals surface area (Å²) in [5, 5.41) is 10.2. The summed E-state index contributed by atoms with van der Waals surface area (Å²) in [4.78, 5) is 2.38. The predicted octanol–water partition coefficient (Wildman–Crippen LogP) is 2.92. The van der Waals surface area contributed by atoms with E-state index in [1.807, 2.05) is 13.0 Å². The lowest BCUT2D eigenvalue weighted by molar-refractivity contribution is 0.0436. The van der Waals surface area contributed by atoms with Crippen LogP contribution >= 0.6 is 0 Å². The molecule has 0 spiro atoms. The Bertz CT molecular complexity index is 433. The summed E-state index contributed by atoms with van der Waals surface area (Å²) in [5.41, 5.74) is 2.30. The lowest BCUT2D eigenvalue weighted by atomic mass is 10.0. The average molecular weight is 277 g/mol. The van der Waals surface area contributed by atoms with Gasteiger partial charge in [-0.05, 0) is 57.4 Å². The molecule has 0 aromatic heterocycles. The van der Waals surface area contributed by atoms with Gasteiger partial charge in [0.05, 0.1) is 0 Å². The number of β-amino-alcohol motifs (C(OH)–C–C–N with tert-alkyl or cyclic N) is 1. The molecule has 0 aliphatic carbocycles. The van der Waals surface area contributed by atoms with Crippen molar-refractivity contribution in [3.63, 3.8) is 0 Å². The molecule has 0 bridgehead atoms. The lowest BCUT2D eigenvalue weighted by Gasteiger charge is -2.34. The fraction of sp³-hybridized carbons (Fsp3) is 0.647. The van der Waals surface area contributed by atoms with Gasteiger partial charge >= 0.3 is 0 Å². The summed E-state index contributed by atoms with van der Waals surface area (Å²) < 4.78 is 5.78. The SMILES string of the molecule is Cc1ccc(C)c(OC[C@@H](O)CN2CCCC[C@@H]2C)c1. The maximum atomic E-state index is 10.2. The Morgan fingerprint density at radius 2 is 2.15 bits per heavy atom. The third-order valence-corrected chi connectivity index (χ3v) is 4.16. The van der Waals surface area contributed by atoms with Crippen molar-refractivity contribution in [2.24, 2.45) is 0 Å². The maximum absolute atomic E-state index is 10.2. The van der Waals surface area contributed by atoms with E-state index in [1.54, 1.807) is 0 Å². The standard InChI is InChI=1S/C17H27NO2/c1-13-7-8-14(2)17(10-13)20-12-16(19)11-18-9-5-4-6-15(18)3/h7-8,10,15-16,19H,4-6,9,11-12H2,1-3H3/t15-,16-/m0/s1. The highest BCUT2D eigenvalue weighted by molar-refractivity contribution is 5.35. The normalized spacial score (nSPS) is 21.7. The number of ether oxygens (including phenoxy) is 1. The van der Waals surface area contributed by atoms with Gasteiger partial charge in [0, 0.05) is 12.6 Å². The van der Waals surface area contributed by atoms with Gasteiger partial charge in [-0.2, -0.15) is 0 Å². The number of aliphatic hydroxyl groups is 1. The summed E-state index contributed by atoms with van der Waals surface area (Å²) in [6.07, 6.45) is 3.38. The molecule has 1 N–H and O–H groups in total. The molecule has 0 amide bonds. The van der Waals surface area contributed by atoms with E-state index in [0.29, 0.717) is 19.2 Å². The molecule has 3 nitrogen and oxygen atoms in total. The summed E-state index contributed by atoms with van der Waals surface area (Å²) in [5.74, 6) is 0.885. The van der Waals surface area contributed by atoms with Gasteiger partial charge in [-0.15, -0.1) is 0 Å². The van der Waals surface area contributed by atoms with Crippen molar-refractivity contribution in [2.75, 3.05) is 19.7 Å². The second-order valence-corrected chi connectivity index (χ2v) is 6.07. The number of aliphatic hydroxyl groups excluding tert-OH is 1. The third kappa shape index (κ3) is 4.22. The summed E-state index contributed by atoms with van der Waals surface area (Å²) in [7, 11) is 0. The molecule has 0 unspecified atom stereocenters. The average Bonchev–Trinajstić information content (AvgIpc) is 2.42. The molecule has 1 saturated heterocycles. The highest BCUT2D eigenvalue weighted by Crippen LogP contribution is 2.20. The number of aryl methyl sites for hydroxylation is 2. The first-order valence-electron chi connectivity index (χ1n) is 7.68. The van der Waals surface area contributed by atoms with Crippen LogP contribution in [-0.4, -0.2) is 41.8 Å². The van der Waals surface area contributed by atoms with Gasteiger partial charge in [0.1, 0.15) is 18.5 Å². The zero-order chi connectivity index (χ0) is 14.5. The van der Waals surface area contributed by atoms with Gasteiger partial charge in [0.2, 0.25) is 0 Å². The van der Waals surface area contributed by atoms with E-state index >= 15 is 0 Å². The largest absolute Gasteiger partial charge is 0.491 e. The van der Waals surface area contributed by atoms with Gasteiger partial charge in [-0.25, -0.2) is 0 Å². The highest BCUT2D eigenvalue weighted by Gasteiger charge is 2.21. The third-order valence-electron chi connectivity index (χ3n) is 4.16. The monoisotopic (exact) mass is 277 g/mol. The number of benzene rings is 1. The Kier molecular flexibility index (Phi) is 5.44. The van der Waals surface area contributed by atoms with Crippen molar-refractivity contribution in [3.8, 4) is 5.75 Å². The first kappa shape index (κ1) is 15.3. The van der Waals surface area contributed by atoms with Gasteiger partial charge < -0.3 is 9.84 Å². The zero-order valence-electron chi connectivity index (χ0n) is 12.9. The Labute approximate surface area is 122 Å². The zero-order valence-corrected chi connectivity index (χ0v) is 12.9. The Morgan fingerprint density at radius 1 is 1.35 bits per heavy atom. The van der Waals surface area contributed by atoms with E-state index in [2.05, 4.69) is 30.9 Å². The van der Waals surface area contributed by atoms with Crippen LogP contribution in [0, 0.1) is 13.8 Å². The molecule has 3 heteroatoms. The quantitative estimate of drug-likeness (QED) is 0.898. The van der Waals surface area contributed by atoms with Crippen LogP contribution in [0.4, 0.5) is 0 Å². The van der Waals surface area contributed by atoms with E-state index in [0.717, 1.165) is 17.9 Å². The topological polar surface area (TPSA) is 32.7 Å². The number of hydrogen-bond donors (Lipinski definition) is 1. The van der Waals surface area contributed by atoms with Crippen LogP contribution < -0.4 is 4.74 Å². The lowest BCUT2D eigenvalue weighted by Crippen LogP contribution is -2.43. The molecule has 1 aromatic carbocycles. The van der Waals surface area contributed by atoms with Crippen LogP contribution in [0.3, 0.4) is 0 Å². The smallest absolute Gasteiger partial charge is 0.122 e. The minimum Gasteiger partial charge on any atom is -0.491 e. The van der Waals surface area contributed by atoms with E-state index in [1.165, 1.54) is 24.8 Å². The van der Waals surface area contributed by atoms with Crippen molar-refractivity contribution in [1.82, 2.24) is 4.90 Å². The fourth-order valence-corrected chi connectivity index (χ4v) is 2.80. The van der Waals surface area contributed by atoms with E-state index < -0.39 is 6.10 Å². The molecule has 1 aliphatic rings. The Hall–Kier alpha value is -1.06. The van der Waals surface area contributed by atoms with Crippen molar-refractivity contribution in [1.29, 1.82) is 0 Å². The van der Waals surface area contributed by atoms with Crippen molar-refractivity contribution in [3.05, 3.63) is 29.3 Å². The second kappa shape index (κ2) is 7.09. The summed E-state index contributed by atoms with van der Waals surface area (Å²) >= 11 is 0. The molecule has 1 aromatic rings.